The van der Waals surface area contributed by atoms with Gasteiger partial charge in [0.15, 0.2) is 0 Å². The molecule has 3 rings (SSSR count). The van der Waals surface area contributed by atoms with Gasteiger partial charge in [-0.25, -0.2) is 4.98 Å². The zero-order valence-electron chi connectivity index (χ0n) is 8.90. The SMILES string of the molecule is Cc1cccc2c1nc1n2CCC(N)C1. The molecule has 0 saturated carbocycles. The summed E-state index contributed by atoms with van der Waals surface area (Å²) in [7, 11) is 0. The molecule has 1 aromatic carbocycles. The minimum absolute atomic E-state index is 0.287. The topological polar surface area (TPSA) is 43.8 Å². The molecule has 3 heteroatoms. The van der Waals surface area contributed by atoms with E-state index in [4.69, 9.17) is 5.73 Å². The number of nitrogens with two attached hydrogens (primary N) is 1. The van der Waals surface area contributed by atoms with Gasteiger partial charge in [-0.05, 0) is 25.0 Å². The van der Waals surface area contributed by atoms with Crippen LogP contribution in [0.25, 0.3) is 11.0 Å². The first-order valence-electron chi connectivity index (χ1n) is 5.46. The van der Waals surface area contributed by atoms with Crippen LogP contribution in [0, 0.1) is 6.92 Å². The van der Waals surface area contributed by atoms with Crippen molar-refractivity contribution in [2.45, 2.75) is 32.4 Å². The molecule has 0 fully saturated rings. The van der Waals surface area contributed by atoms with Crippen molar-refractivity contribution in [1.82, 2.24) is 9.55 Å². The van der Waals surface area contributed by atoms with Gasteiger partial charge in [0.05, 0.1) is 11.0 Å². The molecule has 3 nitrogen and oxygen atoms in total. The lowest BCUT2D eigenvalue weighted by Crippen LogP contribution is -2.30. The molecule has 15 heavy (non-hydrogen) atoms. The smallest absolute Gasteiger partial charge is 0.111 e. The Labute approximate surface area is 88.9 Å². The maximum atomic E-state index is 5.96. The summed E-state index contributed by atoms with van der Waals surface area (Å²) in [5, 5.41) is 0. The zero-order chi connectivity index (χ0) is 10.4. The zero-order valence-corrected chi connectivity index (χ0v) is 8.90. The van der Waals surface area contributed by atoms with Gasteiger partial charge in [0, 0.05) is 19.0 Å². The Morgan fingerprint density at radius 2 is 2.33 bits per heavy atom. The van der Waals surface area contributed by atoms with Crippen molar-refractivity contribution in [3.05, 3.63) is 29.6 Å². The fraction of sp³-hybridized carbons (Fsp3) is 0.417. The van der Waals surface area contributed by atoms with Crippen LogP contribution in [0.3, 0.4) is 0 Å². The largest absolute Gasteiger partial charge is 0.328 e. The van der Waals surface area contributed by atoms with Crippen LogP contribution in [-0.4, -0.2) is 15.6 Å². The number of imidazole rings is 1. The lowest BCUT2D eigenvalue weighted by Gasteiger charge is -2.19. The first-order valence-corrected chi connectivity index (χ1v) is 5.46. The number of hydrogen-bond acceptors (Lipinski definition) is 2. The Kier molecular flexibility index (Phi) is 1.83. The molecule has 2 heterocycles. The van der Waals surface area contributed by atoms with E-state index in [1.165, 1.54) is 11.1 Å². The van der Waals surface area contributed by atoms with E-state index in [1.807, 2.05) is 0 Å². The summed E-state index contributed by atoms with van der Waals surface area (Å²) in [5.74, 6) is 1.15. The molecule has 1 unspecified atom stereocenters. The minimum atomic E-state index is 0.287. The molecule has 2 aromatic rings. The molecule has 1 aromatic heterocycles. The number of fused-ring (bicyclic) bond motifs is 3. The van der Waals surface area contributed by atoms with Gasteiger partial charge in [-0.3, -0.25) is 0 Å². The summed E-state index contributed by atoms with van der Waals surface area (Å²) in [6.07, 6.45) is 1.97. The van der Waals surface area contributed by atoms with Gasteiger partial charge in [-0.1, -0.05) is 12.1 Å². The molecule has 0 bridgehead atoms. The molecule has 0 aliphatic carbocycles. The number of benzene rings is 1. The molecule has 1 aliphatic rings. The lowest BCUT2D eigenvalue weighted by molar-refractivity contribution is 0.471. The third-order valence-corrected chi connectivity index (χ3v) is 3.23. The second-order valence-corrected chi connectivity index (χ2v) is 4.38. The van der Waals surface area contributed by atoms with Crippen LogP contribution >= 0.6 is 0 Å². The Bertz CT molecular complexity index is 513. The second kappa shape index (κ2) is 3.07. The minimum Gasteiger partial charge on any atom is -0.328 e. The van der Waals surface area contributed by atoms with Crippen molar-refractivity contribution in [2.75, 3.05) is 0 Å². The van der Waals surface area contributed by atoms with Gasteiger partial charge in [-0.15, -0.1) is 0 Å². The second-order valence-electron chi connectivity index (χ2n) is 4.38. The van der Waals surface area contributed by atoms with Crippen molar-refractivity contribution in [1.29, 1.82) is 0 Å². The molecule has 78 valence electrons. The van der Waals surface area contributed by atoms with E-state index in [0.29, 0.717) is 0 Å². The summed E-state index contributed by atoms with van der Waals surface area (Å²) in [5.41, 5.74) is 9.61. The molecular weight excluding hydrogens is 186 g/mol. The molecular formula is C12H15N3. The standard InChI is InChI=1S/C12H15N3/c1-8-3-2-4-10-12(8)14-11-7-9(13)5-6-15(10)11/h2-4,9H,5-7,13H2,1H3. The van der Waals surface area contributed by atoms with Crippen molar-refractivity contribution in [3.63, 3.8) is 0 Å². The highest BCUT2D eigenvalue weighted by atomic mass is 15.1. The van der Waals surface area contributed by atoms with Crippen LogP contribution in [0.2, 0.25) is 0 Å². The molecule has 0 radical (unpaired) electrons. The normalized spacial score (nSPS) is 20.5. The maximum Gasteiger partial charge on any atom is 0.111 e. The molecule has 0 spiro atoms. The predicted molar refractivity (Wildman–Crippen MR) is 60.8 cm³/mol. The van der Waals surface area contributed by atoms with Gasteiger partial charge in [0.2, 0.25) is 0 Å². The third kappa shape index (κ3) is 1.27. The quantitative estimate of drug-likeness (QED) is 0.704. The first kappa shape index (κ1) is 8.92. The van der Waals surface area contributed by atoms with Crippen molar-refractivity contribution in [3.8, 4) is 0 Å². The highest BCUT2D eigenvalue weighted by Crippen LogP contribution is 2.23. The van der Waals surface area contributed by atoms with Crippen LogP contribution in [-0.2, 0) is 13.0 Å². The van der Waals surface area contributed by atoms with Crippen LogP contribution in [0.1, 0.15) is 17.8 Å². The Hall–Kier alpha value is -1.35. The predicted octanol–water partition coefficient (Wildman–Crippen LogP) is 1.62. The first-order chi connectivity index (χ1) is 7.25. The molecule has 0 saturated heterocycles. The number of aryl methyl sites for hydroxylation is 2. The molecule has 1 atom stereocenters. The summed E-state index contributed by atoms with van der Waals surface area (Å²) in [6.45, 7) is 3.12. The van der Waals surface area contributed by atoms with Crippen LogP contribution in [0.15, 0.2) is 18.2 Å². The van der Waals surface area contributed by atoms with Crippen LogP contribution < -0.4 is 5.73 Å². The average molecular weight is 201 g/mol. The van der Waals surface area contributed by atoms with Crippen LogP contribution in [0.5, 0.6) is 0 Å². The fourth-order valence-electron chi connectivity index (χ4n) is 2.37. The number of aromatic nitrogens is 2. The Morgan fingerprint density at radius 3 is 3.20 bits per heavy atom. The summed E-state index contributed by atoms with van der Waals surface area (Å²) >= 11 is 0. The van der Waals surface area contributed by atoms with Gasteiger partial charge in [-0.2, -0.15) is 0 Å². The monoisotopic (exact) mass is 201 g/mol. The molecule has 1 aliphatic heterocycles. The number of para-hydroxylation sites is 1. The van der Waals surface area contributed by atoms with E-state index in [9.17, 15) is 0 Å². The highest BCUT2D eigenvalue weighted by Gasteiger charge is 2.19. The number of nitrogens with zero attached hydrogens (tertiary/aromatic N) is 2. The van der Waals surface area contributed by atoms with E-state index >= 15 is 0 Å². The van der Waals surface area contributed by atoms with E-state index in [1.54, 1.807) is 0 Å². The number of hydrogen-bond donors (Lipinski definition) is 1. The average Bonchev–Trinajstić information content (AvgIpc) is 2.57. The van der Waals surface area contributed by atoms with Crippen molar-refractivity contribution < 1.29 is 0 Å². The van der Waals surface area contributed by atoms with Gasteiger partial charge in [0.25, 0.3) is 0 Å². The third-order valence-electron chi connectivity index (χ3n) is 3.23. The van der Waals surface area contributed by atoms with E-state index < -0.39 is 0 Å². The summed E-state index contributed by atoms with van der Waals surface area (Å²) < 4.78 is 2.31. The van der Waals surface area contributed by atoms with E-state index in [-0.39, 0.29) is 6.04 Å². The highest BCUT2D eigenvalue weighted by molar-refractivity contribution is 5.79. The Morgan fingerprint density at radius 1 is 1.47 bits per heavy atom. The van der Waals surface area contributed by atoms with Gasteiger partial charge >= 0.3 is 0 Å². The Balaban J connectivity index is 2.27. The van der Waals surface area contributed by atoms with Crippen molar-refractivity contribution >= 4 is 11.0 Å². The van der Waals surface area contributed by atoms with Crippen LogP contribution in [0.4, 0.5) is 0 Å². The number of rotatable bonds is 0. The van der Waals surface area contributed by atoms with Gasteiger partial charge < -0.3 is 10.3 Å². The van der Waals surface area contributed by atoms with Crippen molar-refractivity contribution in [2.24, 2.45) is 5.73 Å². The fourth-order valence-corrected chi connectivity index (χ4v) is 2.37. The summed E-state index contributed by atoms with van der Waals surface area (Å²) in [6, 6.07) is 6.65. The maximum absolute atomic E-state index is 5.96. The lowest BCUT2D eigenvalue weighted by atomic mass is 10.1. The van der Waals surface area contributed by atoms with E-state index in [2.05, 4.69) is 34.7 Å². The summed E-state index contributed by atoms with van der Waals surface area (Å²) in [4.78, 5) is 4.69. The molecule has 0 amide bonds. The van der Waals surface area contributed by atoms with E-state index in [0.717, 1.165) is 30.7 Å². The van der Waals surface area contributed by atoms with Gasteiger partial charge in [0.1, 0.15) is 5.82 Å². The molecule has 2 N–H and O–H groups in total.